The third kappa shape index (κ3) is 4.51. The van der Waals surface area contributed by atoms with Gasteiger partial charge in [-0.25, -0.2) is 14.4 Å². The molecule has 1 aromatic carbocycles. The van der Waals surface area contributed by atoms with Crippen molar-refractivity contribution in [2.75, 3.05) is 13.1 Å². The molecule has 2 N–H and O–H groups in total. The summed E-state index contributed by atoms with van der Waals surface area (Å²) in [5.74, 6) is 0.658. The van der Waals surface area contributed by atoms with Crippen LogP contribution < -0.4 is 10.5 Å². The SMILES string of the molecule is Cn1nc(-c2cscn2)cc1C(=O)N1C[C@@H]2C(Oc3cc(C(C)(C)N)cc(-c4ccc(F)cc4)n3)[C@@H]2C1. The first-order chi connectivity index (χ1) is 17.7. The van der Waals surface area contributed by atoms with Crippen molar-refractivity contribution >= 4 is 17.2 Å². The highest BCUT2D eigenvalue weighted by atomic mass is 32.1. The van der Waals surface area contributed by atoms with Gasteiger partial charge in [-0.2, -0.15) is 5.10 Å². The summed E-state index contributed by atoms with van der Waals surface area (Å²) in [4.78, 5) is 24.1. The third-order valence-electron chi connectivity index (χ3n) is 7.14. The number of rotatable bonds is 6. The predicted molar refractivity (Wildman–Crippen MR) is 138 cm³/mol. The molecule has 3 aromatic heterocycles. The van der Waals surface area contributed by atoms with Gasteiger partial charge in [0.1, 0.15) is 29.0 Å². The molecule has 4 aromatic rings. The summed E-state index contributed by atoms with van der Waals surface area (Å²) in [7, 11) is 1.78. The molecule has 1 aliphatic carbocycles. The van der Waals surface area contributed by atoms with Crippen LogP contribution >= 0.6 is 11.3 Å². The number of halogens is 1. The molecule has 1 saturated heterocycles. The van der Waals surface area contributed by atoms with Crippen LogP contribution in [0, 0.1) is 17.7 Å². The lowest BCUT2D eigenvalue weighted by atomic mass is 9.95. The molecule has 4 heterocycles. The maximum atomic E-state index is 13.4. The lowest BCUT2D eigenvalue weighted by Gasteiger charge is -2.22. The summed E-state index contributed by atoms with van der Waals surface area (Å²) in [6, 6.07) is 11.8. The molecule has 2 fully saturated rings. The van der Waals surface area contributed by atoms with E-state index in [-0.39, 0.29) is 29.7 Å². The molecule has 0 radical (unpaired) electrons. The number of benzene rings is 1. The molecule has 1 saturated carbocycles. The lowest BCUT2D eigenvalue weighted by molar-refractivity contribution is 0.0740. The molecule has 37 heavy (non-hydrogen) atoms. The van der Waals surface area contributed by atoms with Crippen molar-refractivity contribution in [3.8, 4) is 28.5 Å². The lowest BCUT2D eigenvalue weighted by Crippen LogP contribution is -2.34. The minimum absolute atomic E-state index is 0.00846. The molecule has 0 bridgehead atoms. The largest absolute Gasteiger partial charge is 0.474 e. The molecule has 1 amide bonds. The van der Waals surface area contributed by atoms with E-state index in [9.17, 15) is 9.18 Å². The van der Waals surface area contributed by atoms with Gasteiger partial charge in [0.15, 0.2) is 0 Å². The minimum Gasteiger partial charge on any atom is -0.474 e. The van der Waals surface area contributed by atoms with E-state index in [4.69, 9.17) is 15.5 Å². The van der Waals surface area contributed by atoms with Gasteiger partial charge >= 0.3 is 0 Å². The number of ether oxygens (including phenoxy) is 1. The van der Waals surface area contributed by atoms with Crippen LogP contribution in [0.3, 0.4) is 0 Å². The van der Waals surface area contributed by atoms with Crippen molar-refractivity contribution < 1.29 is 13.9 Å². The molecule has 1 aliphatic heterocycles. The summed E-state index contributed by atoms with van der Waals surface area (Å²) in [6.07, 6.45) is -0.00846. The van der Waals surface area contributed by atoms with Crippen molar-refractivity contribution in [1.82, 2.24) is 24.6 Å². The van der Waals surface area contributed by atoms with Crippen molar-refractivity contribution in [1.29, 1.82) is 0 Å². The van der Waals surface area contributed by atoms with E-state index in [2.05, 4.69) is 10.1 Å². The Hall–Kier alpha value is -3.63. The highest BCUT2D eigenvalue weighted by molar-refractivity contribution is 7.07. The number of aromatic nitrogens is 4. The standard InChI is InChI=1S/C27H27FN6O2S/c1-27(2,29)16-8-20(15-4-6-17(28)7-5-15)31-24(9-16)36-25-18-11-34(12-19(18)25)26(35)23-10-21(32-33(23)3)22-13-37-14-30-22/h4-10,13-14,18-19,25H,11-12,29H2,1-3H3/t18-,19+,25?. The van der Waals surface area contributed by atoms with Gasteiger partial charge < -0.3 is 15.4 Å². The number of nitrogens with two attached hydrogens (primary N) is 1. The molecule has 8 nitrogen and oxygen atoms in total. The van der Waals surface area contributed by atoms with Crippen molar-refractivity contribution in [3.63, 3.8) is 0 Å². The number of hydrogen-bond acceptors (Lipinski definition) is 7. The molecule has 10 heteroatoms. The van der Waals surface area contributed by atoms with Gasteiger partial charge in [-0.1, -0.05) is 0 Å². The van der Waals surface area contributed by atoms with Crippen LogP contribution in [0.15, 0.2) is 53.4 Å². The number of piperidine rings is 1. The molecule has 190 valence electrons. The number of nitrogens with zero attached hydrogens (tertiary/aromatic N) is 5. The normalized spacial score (nSPS) is 20.7. The van der Waals surface area contributed by atoms with Gasteiger partial charge in [0.2, 0.25) is 5.88 Å². The van der Waals surface area contributed by atoms with E-state index >= 15 is 0 Å². The fraction of sp³-hybridized carbons (Fsp3) is 0.333. The highest BCUT2D eigenvalue weighted by Crippen LogP contribution is 2.48. The van der Waals surface area contributed by atoms with E-state index in [0.29, 0.717) is 36.1 Å². The number of aryl methyl sites for hydroxylation is 1. The second-order valence-corrected chi connectivity index (χ2v) is 11.1. The average molecular weight is 519 g/mol. The Kier molecular flexibility index (Phi) is 5.61. The number of hydrogen-bond donors (Lipinski definition) is 1. The number of thiazole rings is 1. The van der Waals surface area contributed by atoms with E-state index in [1.807, 2.05) is 36.3 Å². The monoisotopic (exact) mass is 518 g/mol. The number of pyridine rings is 1. The summed E-state index contributed by atoms with van der Waals surface area (Å²) < 4.78 is 21.4. The van der Waals surface area contributed by atoms with Crippen LogP contribution in [0.4, 0.5) is 4.39 Å². The molecular weight excluding hydrogens is 491 g/mol. The Labute approximate surface area is 217 Å². The summed E-state index contributed by atoms with van der Waals surface area (Å²) in [6.45, 7) is 5.10. The molecule has 2 aliphatic rings. The smallest absolute Gasteiger partial charge is 0.272 e. The van der Waals surface area contributed by atoms with Crippen LogP contribution in [0.1, 0.15) is 29.9 Å². The first-order valence-corrected chi connectivity index (χ1v) is 13.1. The molecular formula is C27H27FN6O2S. The molecule has 6 rings (SSSR count). The van der Waals surface area contributed by atoms with Gasteiger partial charge in [0, 0.05) is 54.5 Å². The van der Waals surface area contributed by atoms with E-state index < -0.39 is 5.54 Å². The van der Waals surface area contributed by atoms with Crippen molar-refractivity contribution in [3.05, 3.63) is 70.4 Å². The Bertz CT molecular complexity index is 1450. The summed E-state index contributed by atoms with van der Waals surface area (Å²) in [5, 5.41) is 6.38. The van der Waals surface area contributed by atoms with Gasteiger partial charge in [-0.15, -0.1) is 11.3 Å². The predicted octanol–water partition coefficient (Wildman–Crippen LogP) is 4.09. The minimum atomic E-state index is -0.598. The average Bonchev–Trinajstić information content (AvgIpc) is 3.36. The van der Waals surface area contributed by atoms with Crippen molar-refractivity contribution in [2.24, 2.45) is 24.6 Å². The Morgan fingerprint density at radius 1 is 1.11 bits per heavy atom. The van der Waals surface area contributed by atoms with Crippen LogP contribution in [0.5, 0.6) is 5.88 Å². The van der Waals surface area contributed by atoms with Crippen LogP contribution in [-0.4, -0.2) is 49.7 Å². The number of carbonyl (C=O) groups excluding carboxylic acids is 1. The molecule has 1 unspecified atom stereocenters. The fourth-order valence-corrected chi connectivity index (χ4v) is 5.50. The van der Waals surface area contributed by atoms with Gasteiger partial charge in [0.25, 0.3) is 5.91 Å². The van der Waals surface area contributed by atoms with Crippen LogP contribution in [0.25, 0.3) is 22.6 Å². The van der Waals surface area contributed by atoms with Crippen LogP contribution in [-0.2, 0) is 12.6 Å². The number of carbonyl (C=O) groups is 1. The maximum absolute atomic E-state index is 13.4. The quantitative estimate of drug-likeness (QED) is 0.413. The van der Waals surface area contributed by atoms with Crippen LogP contribution in [0.2, 0.25) is 0 Å². The van der Waals surface area contributed by atoms with E-state index in [0.717, 1.165) is 16.8 Å². The second-order valence-electron chi connectivity index (χ2n) is 10.3. The first-order valence-electron chi connectivity index (χ1n) is 12.1. The molecule has 0 spiro atoms. The zero-order valence-corrected chi connectivity index (χ0v) is 21.6. The zero-order chi connectivity index (χ0) is 25.9. The summed E-state index contributed by atoms with van der Waals surface area (Å²) in [5.41, 5.74) is 11.9. The maximum Gasteiger partial charge on any atom is 0.272 e. The number of amides is 1. The van der Waals surface area contributed by atoms with Gasteiger partial charge in [0.05, 0.1) is 11.2 Å². The third-order valence-corrected chi connectivity index (χ3v) is 7.73. The first kappa shape index (κ1) is 23.7. The Morgan fingerprint density at radius 2 is 1.84 bits per heavy atom. The highest BCUT2D eigenvalue weighted by Gasteiger charge is 2.59. The zero-order valence-electron chi connectivity index (χ0n) is 20.8. The van der Waals surface area contributed by atoms with E-state index in [1.165, 1.54) is 23.5 Å². The Balaban J connectivity index is 1.16. The van der Waals surface area contributed by atoms with Crippen molar-refractivity contribution in [2.45, 2.75) is 25.5 Å². The molecule has 3 atom stereocenters. The number of likely N-dealkylation sites (tertiary alicyclic amines) is 1. The topological polar surface area (TPSA) is 99.2 Å². The van der Waals surface area contributed by atoms with E-state index in [1.54, 1.807) is 35.4 Å². The summed E-state index contributed by atoms with van der Waals surface area (Å²) >= 11 is 1.50. The Morgan fingerprint density at radius 3 is 2.49 bits per heavy atom. The second kappa shape index (κ2) is 8.74. The fourth-order valence-electron chi connectivity index (χ4n) is 4.95. The van der Waals surface area contributed by atoms with Gasteiger partial charge in [-0.05, 0) is 55.8 Å². The van der Waals surface area contributed by atoms with Gasteiger partial charge in [-0.3, -0.25) is 9.48 Å². The number of fused-ring (bicyclic) bond motifs is 1.